The molecule has 0 aliphatic heterocycles. The van der Waals surface area contributed by atoms with Crippen LogP contribution in [0, 0.1) is 17.0 Å². The fraction of sp³-hybridized carbons (Fsp3) is 0.308. The summed E-state index contributed by atoms with van der Waals surface area (Å²) in [6, 6.07) is 6.48. The molecule has 124 valence electrons. The van der Waals surface area contributed by atoms with Crippen molar-refractivity contribution in [2.24, 2.45) is 7.05 Å². The fourth-order valence-corrected chi connectivity index (χ4v) is 2.95. The molecule has 1 aromatic heterocycles. The van der Waals surface area contributed by atoms with Gasteiger partial charge in [-0.3, -0.25) is 4.57 Å². The molecule has 2 rings (SSSR count). The highest BCUT2D eigenvalue weighted by Gasteiger charge is 2.19. The zero-order chi connectivity index (χ0) is 17.0. The highest BCUT2D eigenvalue weighted by Crippen LogP contribution is 2.20. The van der Waals surface area contributed by atoms with E-state index in [1.807, 2.05) is 6.92 Å². The largest absolute Gasteiger partial charge is 0.406 e. The molecular weight excluding hydrogens is 322 g/mol. The molecule has 0 spiro atoms. The van der Waals surface area contributed by atoms with Crippen molar-refractivity contribution in [1.82, 2.24) is 14.3 Å². The van der Waals surface area contributed by atoms with Crippen molar-refractivity contribution >= 4 is 21.7 Å². The van der Waals surface area contributed by atoms with E-state index < -0.39 is 14.9 Å². The molecule has 23 heavy (non-hydrogen) atoms. The SMILES string of the molecule is Cc1ccc(S(=O)(=O)NCCNc2c([N+](=O)[O-])ncn2C)cc1. The summed E-state index contributed by atoms with van der Waals surface area (Å²) < 4.78 is 28.1. The van der Waals surface area contributed by atoms with Crippen molar-refractivity contribution in [1.29, 1.82) is 0 Å². The van der Waals surface area contributed by atoms with E-state index in [2.05, 4.69) is 15.0 Å². The fourth-order valence-electron chi connectivity index (χ4n) is 1.92. The topological polar surface area (TPSA) is 119 Å². The maximum Gasteiger partial charge on any atom is 0.406 e. The van der Waals surface area contributed by atoms with Crippen LogP contribution in [0.25, 0.3) is 0 Å². The summed E-state index contributed by atoms with van der Waals surface area (Å²) in [5, 5.41) is 13.6. The number of hydrogen-bond acceptors (Lipinski definition) is 6. The van der Waals surface area contributed by atoms with Crippen molar-refractivity contribution in [2.45, 2.75) is 11.8 Å². The molecule has 0 aliphatic rings. The molecule has 2 aromatic rings. The van der Waals surface area contributed by atoms with Gasteiger partial charge in [0.2, 0.25) is 22.2 Å². The number of anilines is 1. The van der Waals surface area contributed by atoms with Crippen LogP contribution < -0.4 is 10.0 Å². The zero-order valence-corrected chi connectivity index (χ0v) is 13.5. The minimum atomic E-state index is -3.60. The number of hydrogen-bond donors (Lipinski definition) is 2. The van der Waals surface area contributed by atoms with Gasteiger partial charge in [-0.2, -0.15) is 0 Å². The van der Waals surface area contributed by atoms with Gasteiger partial charge in [0.05, 0.1) is 4.90 Å². The smallest absolute Gasteiger partial charge is 0.363 e. The first-order valence-electron chi connectivity index (χ1n) is 6.77. The van der Waals surface area contributed by atoms with Gasteiger partial charge in [0.25, 0.3) is 0 Å². The van der Waals surface area contributed by atoms with E-state index in [0.29, 0.717) is 0 Å². The molecule has 0 radical (unpaired) electrons. The van der Waals surface area contributed by atoms with Crippen LogP contribution in [0.1, 0.15) is 5.56 Å². The molecule has 1 aromatic carbocycles. The van der Waals surface area contributed by atoms with Crippen molar-refractivity contribution in [3.8, 4) is 0 Å². The van der Waals surface area contributed by atoms with Crippen LogP contribution in [0.3, 0.4) is 0 Å². The number of sulfonamides is 1. The Hall–Kier alpha value is -2.46. The Labute approximate surface area is 133 Å². The number of aryl methyl sites for hydroxylation is 2. The van der Waals surface area contributed by atoms with E-state index in [1.54, 1.807) is 19.2 Å². The molecule has 0 saturated carbocycles. The van der Waals surface area contributed by atoms with E-state index in [0.717, 1.165) is 5.56 Å². The number of benzene rings is 1. The molecule has 0 unspecified atom stereocenters. The standard InChI is InChI=1S/C13H17N5O4S/c1-10-3-5-11(6-4-10)23(21,22)16-8-7-14-12-13(18(19)20)15-9-17(12)2/h3-6,9,14,16H,7-8H2,1-2H3. The van der Waals surface area contributed by atoms with Crippen molar-refractivity contribution < 1.29 is 13.3 Å². The van der Waals surface area contributed by atoms with Gasteiger partial charge >= 0.3 is 5.82 Å². The van der Waals surface area contributed by atoms with E-state index in [1.165, 1.54) is 23.0 Å². The summed E-state index contributed by atoms with van der Waals surface area (Å²) in [7, 11) is -1.99. The lowest BCUT2D eigenvalue weighted by atomic mass is 10.2. The van der Waals surface area contributed by atoms with Gasteiger partial charge in [0.15, 0.2) is 0 Å². The molecule has 0 aliphatic carbocycles. The molecule has 0 saturated heterocycles. The Kier molecular flexibility index (Phi) is 4.96. The van der Waals surface area contributed by atoms with Crippen LogP contribution >= 0.6 is 0 Å². The first-order chi connectivity index (χ1) is 10.8. The Bertz CT molecular complexity index is 798. The maximum atomic E-state index is 12.1. The highest BCUT2D eigenvalue weighted by molar-refractivity contribution is 7.89. The first kappa shape index (κ1) is 16.9. The third-order valence-electron chi connectivity index (χ3n) is 3.13. The predicted molar refractivity (Wildman–Crippen MR) is 84.7 cm³/mol. The third kappa shape index (κ3) is 4.05. The highest BCUT2D eigenvalue weighted by atomic mass is 32.2. The van der Waals surface area contributed by atoms with Gasteiger partial charge < -0.3 is 15.4 Å². The number of aromatic nitrogens is 2. The summed E-state index contributed by atoms with van der Waals surface area (Å²) in [6.45, 7) is 2.14. The van der Waals surface area contributed by atoms with Gasteiger partial charge in [-0.1, -0.05) is 17.7 Å². The van der Waals surface area contributed by atoms with Crippen molar-refractivity contribution in [3.05, 3.63) is 46.3 Å². The second-order valence-electron chi connectivity index (χ2n) is 4.92. The normalized spacial score (nSPS) is 11.4. The molecule has 2 N–H and O–H groups in total. The van der Waals surface area contributed by atoms with Gasteiger partial charge in [-0.15, -0.1) is 0 Å². The Morgan fingerprint density at radius 3 is 2.52 bits per heavy atom. The van der Waals surface area contributed by atoms with E-state index in [4.69, 9.17) is 0 Å². The number of nitro groups is 1. The summed E-state index contributed by atoms with van der Waals surface area (Å²) in [5.41, 5.74) is 0.967. The second-order valence-corrected chi connectivity index (χ2v) is 6.69. The molecule has 0 fully saturated rings. The lowest BCUT2D eigenvalue weighted by Crippen LogP contribution is -2.29. The molecule has 0 bridgehead atoms. The van der Waals surface area contributed by atoms with Gasteiger partial charge in [-0.25, -0.2) is 13.1 Å². The average Bonchev–Trinajstić information content (AvgIpc) is 2.85. The summed E-state index contributed by atoms with van der Waals surface area (Å²) in [5.74, 6) is -0.0709. The number of nitrogens with zero attached hydrogens (tertiary/aromatic N) is 3. The van der Waals surface area contributed by atoms with Gasteiger partial charge in [0.1, 0.15) is 0 Å². The predicted octanol–water partition coefficient (Wildman–Crippen LogP) is 1.03. The van der Waals surface area contributed by atoms with Crippen LogP contribution in [0.2, 0.25) is 0 Å². The van der Waals surface area contributed by atoms with Crippen molar-refractivity contribution in [3.63, 3.8) is 0 Å². The zero-order valence-electron chi connectivity index (χ0n) is 12.7. The first-order valence-corrected chi connectivity index (χ1v) is 8.25. The molecule has 0 amide bonds. The maximum absolute atomic E-state index is 12.1. The minimum Gasteiger partial charge on any atom is -0.363 e. The summed E-state index contributed by atoms with van der Waals surface area (Å²) in [4.78, 5) is 14.1. The number of nitrogens with one attached hydrogen (secondary N) is 2. The second kappa shape index (κ2) is 6.75. The Morgan fingerprint density at radius 2 is 1.91 bits per heavy atom. The lowest BCUT2D eigenvalue weighted by Gasteiger charge is -2.09. The van der Waals surface area contributed by atoms with Crippen LogP contribution in [-0.2, 0) is 17.1 Å². The Morgan fingerprint density at radius 1 is 1.26 bits per heavy atom. The quantitative estimate of drug-likeness (QED) is 0.442. The van der Waals surface area contributed by atoms with E-state index in [-0.39, 0.29) is 29.6 Å². The van der Waals surface area contributed by atoms with Crippen LogP contribution in [-0.4, -0.2) is 36.0 Å². The number of rotatable bonds is 7. The molecule has 1 heterocycles. The van der Waals surface area contributed by atoms with E-state index in [9.17, 15) is 18.5 Å². The van der Waals surface area contributed by atoms with Crippen molar-refractivity contribution in [2.75, 3.05) is 18.4 Å². The van der Waals surface area contributed by atoms with Crippen LogP contribution in [0.5, 0.6) is 0 Å². The Balaban J connectivity index is 1.94. The monoisotopic (exact) mass is 339 g/mol. The van der Waals surface area contributed by atoms with Gasteiger partial charge in [0, 0.05) is 20.1 Å². The summed E-state index contributed by atoms with van der Waals surface area (Å²) in [6.07, 6.45) is 1.32. The molecule has 0 atom stereocenters. The minimum absolute atomic E-state index is 0.0819. The molecule has 9 nitrogen and oxygen atoms in total. The lowest BCUT2D eigenvalue weighted by molar-refractivity contribution is -0.388. The number of imidazole rings is 1. The average molecular weight is 339 g/mol. The van der Waals surface area contributed by atoms with E-state index >= 15 is 0 Å². The third-order valence-corrected chi connectivity index (χ3v) is 4.61. The summed E-state index contributed by atoms with van der Waals surface area (Å²) >= 11 is 0. The molecular formula is C13H17N5O4S. The van der Waals surface area contributed by atoms with Crippen LogP contribution in [0.15, 0.2) is 35.5 Å². The van der Waals surface area contributed by atoms with Crippen LogP contribution in [0.4, 0.5) is 11.6 Å². The molecule has 10 heteroatoms. The van der Waals surface area contributed by atoms with Gasteiger partial charge in [-0.05, 0) is 29.0 Å².